The molecule has 7 nitrogen and oxygen atoms in total. The number of nitrogens with one attached hydrogen (secondary N) is 1. The van der Waals surface area contributed by atoms with Crippen molar-refractivity contribution in [2.75, 3.05) is 13.7 Å². The molecule has 33 heavy (non-hydrogen) atoms. The van der Waals surface area contributed by atoms with Crippen molar-refractivity contribution in [2.45, 2.75) is 50.6 Å². The Balaban J connectivity index is 1.40. The van der Waals surface area contributed by atoms with Crippen LogP contribution < -0.4 is 5.32 Å². The summed E-state index contributed by atoms with van der Waals surface area (Å²) < 4.78 is 5.63. The minimum atomic E-state index is -1.33. The zero-order chi connectivity index (χ0) is 23.8. The van der Waals surface area contributed by atoms with Gasteiger partial charge in [-0.3, -0.25) is 4.79 Å². The average molecular weight is 451 g/mol. The Morgan fingerprint density at radius 1 is 1.03 bits per heavy atom. The lowest BCUT2D eigenvalue weighted by Crippen LogP contribution is -2.54. The fourth-order valence-electron chi connectivity index (χ4n) is 4.89. The van der Waals surface area contributed by atoms with E-state index in [1.54, 1.807) is 0 Å². The molecule has 0 radical (unpaired) electrons. The van der Waals surface area contributed by atoms with E-state index in [1.165, 1.54) is 25.8 Å². The van der Waals surface area contributed by atoms with Gasteiger partial charge in [-0.15, -0.1) is 0 Å². The molecule has 2 aliphatic carbocycles. The Morgan fingerprint density at radius 3 is 2.18 bits per heavy atom. The van der Waals surface area contributed by atoms with Gasteiger partial charge in [0.15, 0.2) is 0 Å². The van der Waals surface area contributed by atoms with Crippen LogP contribution in [0.3, 0.4) is 0 Å². The number of nitrogens with zero attached hydrogens (tertiary/aromatic N) is 1. The van der Waals surface area contributed by atoms with Gasteiger partial charge in [0.1, 0.15) is 12.1 Å². The summed E-state index contributed by atoms with van der Waals surface area (Å²) in [6.45, 7) is 3.20. The molecule has 174 valence electrons. The average Bonchev–Trinajstić information content (AvgIpc) is 3.39. The van der Waals surface area contributed by atoms with E-state index < -0.39 is 23.5 Å². The lowest BCUT2D eigenvalue weighted by molar-refractivity contribution is -0.157. The second-order valence-corrected chi connectivity index (χ2v) is 9.38. The second kappa shape index (κ2) is 8.89. The molecule has 2 aromatic carbocycles. The monoisotopic (exact) mass is 450 g/mol. The number of amides is 2. The molecule has 2 aliphatic rings. The van der Waals surface area contributed by atoms with Crippen molar-refractivity contribution in [1.82, 2.24) is 10.2 Å². The Bertz CT molecular complexity index is 1030. The van der Waals surface area contributed by atoms with Crippen molar-refractivity contribution < 1.29 is 24.2 Å². The lowest BCUT2D eigenvalue weighted by Gasteiger charge is -2.34. The Labute approximate surface area is 193 Å². The van der Waals surface area contributed by atoms with Gasteiger partial charge in [-0.25, -0.2) is 9.59 Å². The van der Waals surface area contributed by atoms with Crippen molar-refractivity contribution in [2.24, 2.45) is 5.92 Å². The zero-order valence-electron chi connectivity index (χ0n) is 19.2. The molecule has 0 saturated heterocycles. The highest BCUT2D eigenvalue weighted by Crippen LogP contribution is 2.44. The molecule has 1 fully saturated rings. The number of carbonyl (C=O) groups excluding carboxylic acids is 2. The van der Waals surface area contributed by atoms with E-state index in [2.05, 4.69) is 29.6 Å². The number of carbonyl (C=O) groups is 3. The quantitative estimate of drug-likeness (QED) is 0.693. The summed E-state index contributed by atoms with van der Waals surface area (Å²) >= 11 is 0. The van der Waals surface area contributed by atoms with Gasteiger partial charge in [-0.1, -0.05) is 55.0 Å². The van der Waals surface area contributed by atoms with Crippen molar-refractivity contribution in [3.63, 3.8) is 0 Å². The van der Waals surface area contributed by atoms with E-state index in [0.717, 1.165) is 28.7 Å². The molecule has 0 aromatic heterocycles. The first-order valence-corrected chi connectivity index (χ1v) is 11.3. The fourth-order valence-corrected chi connectivity index (χ4v) is 4.89. The molecule has 0 aliphatic heterocycles. The highest BCUT2D eigenvalue weighted by atomic mass is 16.5. The highest BCUT2D eigenvalue weighted by molar-refractivity contribution is 5.88. The Morgan fingerprint density at radius 2 is 1.61 bits per heavy atom. The largest absolute Gasteiger partial charge is 0.480 e. The first kappa shape index (κ1) is 22.8. The van der Waals surface area contributed by atoms with E-state index in [1.807, 2.05) is 24.3 Å². The first-order valence-electron chi connectivity index (χ1n) is 11.3. The van der Waals surface area contributed by atoms with Gasteiger partial charge in [0.25, 0.3) is 0 Å². The number of benzene rings is 2. The fraction of sp³-hybridized carbons (Fsp3) is 0.423. The molecular formula is C26H30N2O5. The van der Waals surface area contributed by atoms with Crippen molar-refractivity contribution >= 4 is 18.0 Å². The van der Waals surface area contributed by atoms with Crippen molar-refractivity contribution in [3.05, 3.63) is 59.7 Å². The normalized spacial score (nSPS) is 19.5. The molecule has 2 atom stereocenters. The number of hydrogen-bond acceptors (Lipinski definition) is 4. The van der Waals surface area contributed by atoms with Gasteiger partial charge in [0.05, 0.1) is 5.92 Å². The number of carboxylic acids is 1. The SMILES string of the molecule is CN(C(=O)C1CCCC1NC(=O)OCC1c2ccccc2-c2ccccc21)C(C)(C)C(=O)O. The maximum Gasteiger partial charge on any atom is 0.407 e. The van der Waals surface area contributed by atoms with Gasteiger partial charge in [0.2, 0.25) is 5.91 Å². The lowest BCUT2D eigenvalue weighted by atomic mass is 9.97. The number of alkyl carbamates (subject to hydrolysis) is 1. The summed E-state index contributed by atoms with van der Waals surface area (Å²) in [5.74, 6) is -1.85. The van der Waals surface area contributed by atoms with Crippen LogP contribution in [0.5, 0.6) is 0 Å². The van der Waals surface area contributed by atoms with Gasteiger partial charge < -0.3 is 20.1 Å². The van der Waals surface area contributed by atoms with Crippen LogP contribution in [0.2, 0.25) is 0 Å². The van der Waals surface area contributed by atoms with Crippen LogP contribution in [0.25, 0.3) is 11.1 Å². The third-order valence-electron chi connectivity index (χ3n) is 7.17. The summed E-state index contributed by atoms with van der Waals surface area (Å²) in [7, 11) is 1.50. The number of ether oxygens (including phenoxy) is 1. The van der Waals surface area contributed by atoms with Crippen LogP contribution >= 0.6 is 0 Å². The topological polar surface area (TPSA) is 95.9 Å². The molecule has 7 heteroatoms. The standard InChI is InChI=1S/C26H30N2O5/c1-26(2,24(30)31)28(3)23(29)20-13-8-14-22(20)27-25(32)33-15-21-18-11-6-4-9-16(18)17-10-5-7-12-19(17)21/h4-7,9-12,20-22H,8,13-15H2,1-3H3,(H,27,32)(H,30,31). The van der Waals surface area contributed by atoms with E-state index in [-0.39, 0.29) is 24.5 Å². The highest BCUT2D eigenvalue weighted by Gasteiger charge is 2.42. The minimum Gasteiger partial charge on any atom is -0.480 e. The predicted octanol–water partition coefficient (Wildman–Crippen LogP) is 4.02. The third-order valence-corrected chi connectivity index (χ3v) is 7.17. The number of hydrogen-bond donors (Lipinski definition) is 2. The summed E-state index contributed by atoms with van der Waals surface area (Å²) in [6.07, 6.45) is 1.49. The molecule has 1 saturated carbocycles. The van der Waals surface area contributed by atoms with Gasteiger partial charge >= 0.3 is 12.1 Å². The van der Waals surface area contributed by atoms with Crippen LogP contribution in [0, 0.1) is 5.92 Å². The summed E-state index contributed by atoms with van der Waals surface area (Å²) in [5, 5.41) is 12.3. The van der Waals surface area contributed by atoms with Crippen LogP contribution in [0.1, 0.15) is 50.2 Å². The maximum atomic E-state index is 13.0. The van der Waals surface area contributed by atoms with E-state index in [0.29, 0.717) is 12.8 Å². The number of rotatable bonds is 6. The number of fused-ring (bicyclic) bond motifs is 3. The zero-order valence-corrected chi connectivity index (χ0v) is 19.2. The third kappa shape index (κ3) is 4.19. The molecule has 0 bridgehead atoms. The van der Waals surface area contributed by atoms with E-state index in [4.69, 9.17) is 4.74 Å². The summed E-state index contributed by atoms with van der Waals surface area (Å²) in [6, 6.07) is 15.9. The molecule has 0 spiro atoms. The van der Waals surface area contributed by atoms with Gasteiger partial charge in [0, 0.05) is 19.0 Å². The van der Waals surface area contributed by atoms with Crippen molar-refractivity contribution in [3.8, 4) is 11.1 Å². The number of aliphatic carboxylic acids is 1. The molecule has 2 amide bonds. The van der Waals surface area contributed by atoms with Gasteiger partial charge in [-0.05, 0) is 48.9 Å². The predicted molar refractivity (Wildman–Crippen MR) is 124 cm³/mol. The smallest absolute Gasteiger partial charge is 0.407 e. The summed E-state index contributed by atoms with van der Waals surface area (Å²) in [4.78, 5) is 38.5. The van der Waals surface area contributed by atoms with Crippen LogP contribution in [0.4, 0.5) is 4.79 Å². The summed E-state index contributed by atoms with van der Waals surface area (Å²) in [5.41, 5.74) is 3.27. The first-order chi connectivity index (χ1) is 15.7. The second-order valence-electron chi connectivity index (χ2n) is 9.38. The molecule has 2 unspecified atom stereocenters. The molecule has 4 rings (SSSR count). The number of likely N-dealkylation sites (N-methyl/N-ethyl adjacent to an activating group) is 1. The van der Waals surface area contributed by atoms with Crippen molar-refractivity contribution in [1.29, 1.82) is 0 Å². The number of carboxylic acid groups (broad SMARTS) is 1. The Hall–Kier alpha value is -3.35. The van der Waals surface area contributed by atoms with E-state index in [9.17, 15) is 19.5 Å². The van der Waals surface area contributed by atoms with Crippen LogP contribution in [-0.2, 0) is 14.3 Å². The maximum absolute atomic E-state index is 13.0. The molecular weight excluding hydrogens is 420 g/mol. The minimum absolute atomic E-state index is 0.0355. The van der Waals surface area contributed by atoms with Crippen LogP contribution in [0.15, 0.2) is 48.5 Å². The Kier molecular flexibility index (Phi) is 6.15. The molecule has 0 heterocycles. The van der Waals surface area contributed by atoms with Crippen LogP contribution in [-0.4, -0.2) is 53.2 Å². The molecule has 2 N–H and O–H groups in total. The molecule has 2 aromatic rings. The van der Waals surface area contributed by atoms with Gasteiger partial charge in [-0.2, -0.15) is 0 Å². The van der Waals surface area contributed by atoms with E-state index >= 15 is 0 Å².